The van der Waals surface area contributed by atoms with Crippen molar-refractivity contribution in [1.82, 2.24) is 10.2 Å². The molecule has 0 spiro atoms. The van der Waals surface area contributed by atoms with Gasteiger partial charge in [-0.1, -0.05) is 12.1 Å². The van der Waals surface area contributed by atoms with Crippen LogP contribution in [0.3, 0.4) is 0 Å². The van der Waals surface area contributed by atoms with Crippen LogP contribution in [0.2, 0.25) is 0 Å². The first kappa shape index (κ1) is 16.6. The number of urea groups is 1. The molecule has 1 aromatic carbocycles. The molecule has 1 aliphatic heterocycles. The SMILES string of the molecule is CCNC(=O)N1CCN(c2cccc(C)c2C)CC1.Cl. The standard InChI is InChI=1S/C15H23N3O.ClH/c1-4-16-15(19)18-10-8-17(9-11-18)14-7-5-6-12(2)13(14)3;/h5-7H,4,8-11H2,1-3H3,(H,16,19);1H. The average Bonchev–Trinajstić information content (AvgIpc) is 2.42. The summed E-state index contributed by atoms with van der Waals surface area (Å²) in [6.07, 6.45) is 0. The Kier molecular flexibility index (Phi) is 6.14. The number of hydrogen-bond donors (Lipinski definition) is 1. The molecule has 0 aromatic heterocycles. The molecule has 0 saturated carbocycles. The van der Waals surface area contributed by atoms with Crippen LogP contribution in [0.5, 0.6) is 0 Å². The van der Waals surface area contributed by atoms with Crippen molar-refractivity contribution >= 4 is 24.1 Å². The fourth-order valence-corrected chi connectivity index (χ4v) is 2.49. The average molecular weight is 298 g/mol. The molecule has 1 aromatic rings. The van der Waals surface area contributed by atoms with Crippen LogP contribution in [0.25, 0.3) is 0 Å². The van der Waals surface area contributed by atoms with Crippen molar-refractivity contribution in [3.8, 4) is 0 Å². The van der Waals surface area contributed by atoms with Crippen LogP contribution < -0.4 is 10.2 Å². The van der Waals surface area contributed by atoms with Crippen molar-refractivity contribution in [2.24, 2.45) is 0 Å². The minimum Gasteiger partial charge on any atom is -0.368 e. The fourth-order valence-electron chi connectivity index (χ4n) is 2.49. The predicted octanol–water partition coefficient (Wildman–Crippen LogP) is 2.58. The molecule has 0 bridgehead atoms. The number of hydrogen-bond acceptors (Lipinski definition) is 2. The molecule has 5 heteroatoms. The number of rotatable bonds is 2. The zero-order chi connectivity index (χ0) is 13.8. The van der Waals surface area contributed by atoms with Crippen molar-refractivity contribution < 1.29 is 4.79 Å². The highest BCUT2D eigenvalue weighted by Gasteiger charge is 2.21. The maximum Gasteiger partial charge on any atom is 0.317 e. The van der Waals surface area contributed by atoms with Crippen LogP contribution in [0.4, 0.5) is 10.5 Å². The van der Waals surface area contributed by atoms with E-state index in [1.807, 2.05) is 11.8 Å². The summed E-state index contributed by atoms with van der Waals surface area (Å²) in [4.78, 5) is 16.0. The van der Waals surface area contributed by atoms with E-state index in [2.05, 4.69) is 42.3 Å². The molecule has 0 radical (unpaired) electrons. The van der Waals surface area contributed by atoms with E-state index in [9.17, 15) is 4.79 Å². The highest BCUT2D eigenvalue weighted by Crippen LogP contribution is 2.23. The van der Waals surface area contributed by atoms with E-state index in [1.54, 1.807) is 0 Å². The van der Waals surface area contributed by atoms with Crippen molar-refractivity contribution in [1.29, 1.82) is 0 Å². The number of aryl methyl sites for hydroxylation is 1. The Morgan fingerprint density at radius 2 is 1.85 bits per heavy atom. The molecule has 112 valence electrons. The van der Waals surface area contributed by atoms with Crippen LogP contribution in [-0.4, -0.2) is 43.7 Å². The molecule has 20 heavy (non-hydrogen) atoms. The number of nitrogens with zero attached hydrogens (tertiary/aromatic N) is 2. The zero-order valence-corrected chi connectivity index (χ0v) is 13.3. The number of piperazine rings is 1. The normalized spacial score (nSPS) is 14.8. The summed E-state index contributed by atoms with van der Waals surface area (Å²) < 4.78 is 0. The minimum absolute atomic E-state index is 0. The third-order valence-corrected chi connectivity index (χ3v) is 3.81. The van der Waals surface area contributed by atoms with Gasteiger partial charge in [0.15, 0.2) is 0 Å². The maximum atomic E-state index is 11.8. The van der Waals surface area contributed by atoms with Gasteiger partial charge >= 0.3 is 6.03 Å². The van der Waals surface area contributed by atoms with E-state index in [-0.39, 0.29) is 18.4 Å². The summed E-state index contributed by atoms with van der Waals surface area (Å²) in [6, 6.07) is 6.48. The molecule has 1 N–H and O–H groups in total. The smallest absolute Gasteiger partial charge is 0.317 e. The number of benzene rings is 1. The molecule has 2 amide bonds. The lowest BCUT2D eigenvalue weighted by Crippen LogP contribution is -2.52. The Labute approximate surface area is 127 Å². The Bertz CT molecular complexity index is 456. The lowest BCUT2D eigenvalue weighted by Gasteiger charge is -2.37. The van der Waals surface area contributed by atoms with Gasteiger partial charge in [0, 0.05) is 38.4 Å². The van der Waals surface area contributed by atoms with Crippen LogP contribution in [0, 0.1) is 13.8 Å². The van der Waals surface area contributed by atoms with E-state index in [4.69, 9.17) is 0 Å². The number of carbonyl (C=O) groups is 1. The van der Waals surface area contributed by atoms with Gasteiger partial charge in [0.1, 0.15) is 0 Å². The van der Waals surface area contributed by atoms with Gasteiger partial charge in [-0.2, -0.15) is 0 Å². The molecule has 1 fully saturated rings. The van der Waals surface area contributed by atoms with E-state index >= 15 is 0 Å². The lowest BCUT2D eigenvalue weighted by molar-refractivity contribution is 0.195. The molecule has 1 heterocycles. The van der Waals surface area contributed by atoms with E-state index < -0.39 is 0 Å². The Morgan fingerprint density at radius 3 is 2.45 bits per heavy atom. The number of anilines is 1. The van der Waals surface area contributed by atoms with Gasteiger partial charge in [0.25, 0.3) is 0 Å². The first-order valence-corrected chi connectivity index (χ1v) is 6.97. The molecule has 0 atom stereocenters. The highest BCUT2D eigenvalue weighted by atomic mass is 35.5. The van der Waals surface area contributed by atoms with Crippen LogP contribution in [0.1, 0.15) is 18.1 Å². The number of amides is 2. The third-order valence-electron chi connectivity index (χ3n) is 3.81. The van der Waals surface area contributed by atoms with Gasteiger partial charge in [-0.05, 0) is 38.0 Å². The Hall–Kier alpha value is -1.42. The lowest BCUT2D eigenvalue weighted by atomic mass is 10.1. The largest absolute Gasteiger partial charge is 0.368 e. The highest BCUT2D eigenvalue weighted by molar-refractivity contribution is 5.85. The number of nitrogens with one attached hydrogen (secondary N) is 1. The molecule has 0 aliphatic carbocycles. The van der Waals surface area contributed by atoms with Crippen LogP contribution >= 0.6 is 12.4 Å². The van der Waals surface area contributed by atoms with E-state index in [0.717, 1.165) is 26.2 Å². The van der Waals surface area contributed by atoms with Gasteiger partial charge in [0.05, 0.1) is 0 Å². The molecule has 0 unspecified atom stereocenters. The minimum atomic E-state index is 0. The van der Waals surface area contributed by atoms with Crippen molar-refractivity contribution in [3.05, 3.63) is 29.3 Å². The van der Waals surface area contributed by atoms with Gasteiger partial charge in [-0.25, -0.2) is 4.79 Å². The topological polar surface area (TPSA) is 35.6 Å². The number of halogens is 1. The molecular weight excluding hydrogens is 274 g/mol. The number of carbonyl (C=O) groups excluding carboxylic acids is 1. The molecule has 2 rings (SSSR count). The summed E-state index contributed by atoms with van der Waals surface area (Å²) in [7, 11) is 0. The van der Waals surface area contributed by atoms with Gasteiger partial charge < -0.3 is 15.1 Å². The van der Waals surface area contributed by atoms with Gasteiger partial charge in [-0.3, -0.25) is 0 Å². The van der Waals surface area contributed by atoms with Gasteiger partial charge in [-0.15, -0.1) is 12.4 Å². The molecule has 1 saturated heterocycles. The summed E-state index contributed by atoms with van der Waals surface area (Å²) in [5, 5.41) is 2.86. The van der Waals surface area contributed by atoms with Crippen molar-refractivity contribution in [3.63, 3.8) is 0 Å². The van der Waals surface area contributed by atoms with Crippen molar-refractivity contribution in [2.45, 2.75) is 20.8 Å². The van der Waals surface area contributed by atoms with Crippen molar-refractivity contribution in [2.75, 3.05) is 37.6 Å². The Morgan fingerprint density at radius 1 is 1.20 bits per heavy atom. The maximum absolute atomic E-state index is 11.8. The van der Waals surface area contributed by atoms with Crippen LogP contribution in [-0.2, 0) is 0 Å². The zero-order valence-electron chi connectivity index (χ0n) is 12.5. The first-order chi connectivity index (χ1) is 9.13. The molecule has 4 nitrogen and oxygen atoms in total. The van der Waals surface area contributed by atoms with E-state index in [1.165, 1.54) is 16.8 Å². The second-order valence-electron chi connectivity index (χ2n) is 5.03. The second-order valence-corrected chi connectivity index (χ2v) is 5.03. The third kappa shape index (κ3) is 3.57. The first-order valence-electron chi connectivity index (χ1n) is 6.97. The van der Waals surface area contributed by atoms with Crippen LogP contribution in [0.15, 0.2) is 18.2 Å². The summed E-state index contributed by atoms with van der Waals surface area (Å²) in [5.41, 5.74) is 3.97. The summed E-state index contributed by atoms with van der Waals surface area (Å²) in [6.45, 7) is 10.3. The second kappa shape index (κ2) is 7.39. The summed E-state index contributed by atoms with van der Waals surface area (Å²) >= 11 is 0. The van der Waals surface area contributed by atoms with E-state index in [0.29, 0.717) is 6.54 Å². The monoisotopic (exact) mass is 297 g/mol. The quantitative estimate of drug-likeness (QED) is 0.911. The Balaban J connectivity index is 0.00000200. The molecule has 1 aliphatic rings. The van der Waals surface area contributed by atoms with Gasteiger partial charge in [0.2, 0.25) is 0 Å². The predicted molar refractivity (Wildman–Crippen MR) is 86.0 cm³/mol. The molecular formula is C15H24ClN3O. The fraction of sp³-hybridized carbons (Fsp3) is 0.533. The summed E-state index contributed by atoms with van der Waals surface area (Å²) in [5.74, 6) is 0.